The van der Waals surface area contributed by atoms with E-state index in [1.165, 1.54) is 6.33 Å². The van der Waals surface area contributed by atoms with Crippen molar-refractivity contribution in [3.8, 4) is 5.75 Å². The lowest BCUT2D eigenvalue weighted by Crippen LogP contribution is -2.47. The third kappa shape index (κ3) is 3.12. The lowest BCUT2D eigenvalue weighted by molar-refractivity contribution is -0.0791. The van der Waals surface area contributed by atoms with Gasteiger partial charge < -0.3 is 30.0 Å². The van der Waals surface area contributed by atoms with Gasteiger partial charge in [0.25, 0.3) is 0 Å². The number of benzene rings is 1. The van der Waals surface area contributed by atoms with E-state index in [1.54, 1.807) is 10.8 Å². The molecule has 2 fully saturated rings. The molecule has 1 aromatic carbocycles. The molecule has 1 aliphatic carbocycles. The van der Waals surface area contributed by atoms with Crippen molar-refractivity contribution >= 4 is 43.7 Å². The second-order valence-corrected chi connectivity index (χ2v) is 9.56. The third-order valence-electron chi connectivity index (χ3n) is 6.77. The number of hydrogen-bond acceptors (Lipinski definition) is 8. The molecule has 0 unspecified atom stereocenters. The molecule has 4 heterocycles. The Labute approximate surface area is 197 Å². The number of hydrogen-bond donors (Lipinski definition) is 3. The van der Waals surface area contributed by atoms with Gasteiger partial charge in [-0.25, -0.2) is 15.0 Å². The summed E-state index contributed by atoms with van der Waals surface area (Å²) in [6.07, 6.45) is 1.15. The number of nitrogens with two attached hydrogens (primary N) is 1. The minimum atomic E-state index is -1.42. The van der Waals surface area contributed by atoms with E-state index < -0.39 is 30.1 Å². The molecule has 2 aliphatic rings. The van der Waals surface area contributed by atoms with Crippen LogP contribution in [0.4, 0.5) is 5.82 Å². The number of aliphatic hydroxyl groups excluding tert-OH is 1. The fourth-order valence-electron chi connectivity index (χ4n) is 5.01. The number of fused-ring (bicyclic) bond motifs is 3. The summed E-state index contributed by atoms with van der Waals surface area (Å²) >= 11 is 3.39. The summed E-state index contributed by atoms with van der Waals surface area (Å²) in [7, 11) is 0. The van der Waals surface area contributed by atoms with Crippen LogP contribution in [0.5, 0.6) is 5.75 Å². The van der Waals surface area contributed by atoms with Crippen molar-refractivity contribution in [2.45, 2.75) is 49.9 Å². The molecule has 10 heteroatoms. The summed E-state index contributed by atoms with van der Waals surface area (Å²) in [5.74, 6) is 1.00. The molecule has 33 heavy (non-hydrogen) atoms. The van der Waals surface area contributed by atoms with Crippen LogP contribution in [0.15, 0.2) is 47.3 Å². The molecule has 9 nitrogen and oxygen atoms in total. The molecule has 0 radical (unpaired) electrons. The van der Waals surface area contributed by atoms with E-state index in [0.29, 0.717) is 35.6 Å². The smallest absolute Gasteiger partial charge is 0.164 e. The average Bonchev–Trinajstić information content (AvgIpc) is 3.42. The van der Waals surface area contributed by atoms with Gasteiger partial charge in [0.15, 0.2) is 6.23 Å². The second-order valence-electron chi connectivity index (χ2n) is 8.71. The number of halogens is 1. The van der Waals surface area contributed by atoms with Gasteiger partial charge in [0.2, 0.25) is 0 Å². The molecule has 0 bridgehead atoms. The van der Waals surface area contributed by atoms with Crippen LogP contribution in [0.1, 0.15) is 24.8 Å². The number of anilines is 1. The van der Waals surface area contributed by atoms with Crippen LogP contribution >= 0.6 is 15.9 Å². The Kier molecular flexibility index (Phi) is 4.64. The molecule has 1 saturated heterocycles. The van der Waals surface area contributed by atoms with Crippen LogP contribution in [0, 0.1) is 6.92 Å². The predicted octanol–water partition coefficient (Wildman–Crippen LogP) is 2.86. The van der Waals surface area contributed by atoms with Gasteiger partial charge in [-0.05, 0) is 60.0 Å². The highest BCUT2D eigenvalue weighted by atomic mass is 79.9. The molecular formula is C23H22BrN5O4. The number of aliphatic hydroxyl groups is 2. The lowest BCUT2D eigenvalue weighted by Gasteiger charge is -2.26. The van der Waals surface area contributed by atoms with Crippen LogP contribution in [0.3, 0.4) is 0 Å². The fraction of sp³-hybridized carbons (Fsp3) is 0.348. The SMILES string of the molecule is Cc1ncnc2c1ccn2[C@@H]1O[C@@H]2[C@@H](Oc3ccc4cc(Br)c(N)nc4c3)CC[C@]2(O)[C@H]1O. The van der Waals surface area contributed by atoms with Gasteiger partial charge in [-0.15, -0.1) is 0 Å². The van der Waals surface area contributed by atoms with Crippen molar-refractivity contribution in [1.29, 1.82) is 0 Å². The number of nitrogens with zero attached hydrogens (tertiary/aromatic N) is 4. The largest absolute Gasteiger partial charge is 0.488 e. The molecule has 4 aromatic rings. The second kappa shape index (κ2) is 7.36. The van der Waals surface area contributed by atoms with Gasteiger partial charge in [0.1, 0.15) is 47.5 Å². The first kappa shape index (κ1) is 20.8. The minimum absolute atomic E-state index is 0.360. The van der Waals surface area contributed by atoms with E-state index in [1.807, 2.05) is 37.3 Å². The summed E-state index contributed by atoms with van der Waals surface area (Å²) < 4.78 is 15.0. The Balaban J connectivity index is 1.29. The molecule has 1 saturated carbocycles. The molecular weight excluding hydrogens is 490 g/mol. The lowest BCUT2D eigenvalue weighted by atomic mass is 9.94. The molecule has 3 aromatic heterocycles. The highest BCUT2D eigenvalue weighted by Crippen LogP contribution is 2.48. The summed E-state index contributed by atoms with van der Waals surface area (Å²) in [6.45, 7) is 1.90. The molecule has 0 amide bonds. The maximum atomic E-state index is 11.3. The molecule has 6 rings (SSSR count). The van der Waals surface area contributed by atoms with Crippen LogP contribution in [0.25, 0.3) is 21.9 Å². The topological polar surface area (TPSA) is 129 Å². The van der Waals surface area contributed by atoms with Crippen LogP contribution in [-0.2, 0) is 4.74 Å². The Bertz CT molecular complexity index is 1390. The van der Waals surface area contributed by atoms with Crippen LogP contribution in [-0.4, -0.2) is 53.6 Å². The quantitative estimate of drug-likeness (QED) is 0.382. The maximum absolute atomic E-state index is 11.3. The molecule has 4 N–H and O–H groups in total. The zero-order chi connectivity index (χ0) is 22.9. The molecule has 1 aliphatic heterocycles. The summed E-state index contributed by atoms with van der Waals surface area (Å²) in [5, 5.41) is 24.2. The Morgan fingerprint density at radius 3 is 2.97 bits per heavy atom. The minimum Gasteiger partial charge on any atom is -0.488 e. The van der Waals surface area contributed by atoms with Gasteiger partial charge in [-0.3, -0.25) is 0 Å². The predicted molar refractivity (Wildman–Crippen MR) is 125 cm³/mol. The van der Waals surface area contributed by atoms with Crippen molar-refractivity contribution in [2.24, 2.45) is 0 Å². The van der Waals surface area contributed by atoms with E-state index in [-0.39, 0.29) is 0 Å². The van der Waals surface area contributed by atoms with E-state index >= 15 is 0 Å². The van der Waals surface area contributed by atoms with Crippen molar-refractivity contribution in [2.75, 3.05) is 5.73 Å². The van der Waals surface area contributed by atoms with E-state index in [4.69, 9.17) is 15.2 Å². The van der Waals surface area contributed by atoms with Crippen molar-refractivity contribution in [1.82, 2.24) is 19.5 Å². The van der Waals surface area contributed by atoms with Gasteiger partial charge in [-0.2, -0.15) is 0 Å². The monoisotopic (exact) mass is 511 g/mol. The Morgan fingerprint density at radius 1 is 1.27 bits per heavy atom. The van der Waals surface area contributed by atoms with Crippen molar-refractivity contribution in [3.05, 3.63) is 53.0 Å². The van der Waals surface area contributed by atoms with Gasteiger partial charge in [0.05, 0.1) is 15.7 Å². The van der Waals surface area contributed by atoms with E-state index in [2.05, 4.69) is 30.9 Å². The summed E-state index contributed by atoms with van der Waals surface area (Å²) in [4.78, 5) is 13.0. The normalized spacial score (nSPS) is 29.1. The molecule has 0 spiro atoms. The van der Waals surface area contributed by atoms with Gasteiger partial charge in [-0.1, -0.05) is 0 Å². The zero-order valence-electron chi connectivity index (χ0n) is 17.7. The van der Waals surface area contributed by atoms with Gasteiger partial charge >= 0.3 is 0 Å². The standard InChI is InChI=1S/C23H22BrN5O4/c1-11-14-5-7-29(21(14)27-10-26-11)22-18(30)23(31)6-4-17(19(23)33-22)32-13-3-2-12-8-15(24)20(25)28-16(12)9-13/h2-3,5,7-10,17-19,22,30-31H,4,6H2,1H3,(H2,25,28)/t17-,18-,19+,22+,23-/m0/s1. The van der Waals surface area contributed by atoms with E-state index in [9.17, 15) is 10.2 Å². The Morgan fingerprint density at radius 2 is 2.12 bits per heavy atom. The molecule has 170 valence electrons. The summed E-state index contributed by atoms with van der Waals surface area (Å²) in [6, 6.07) is 9.37. The Hall–Kier alpha value is -2.79. The number of nitrogen functional groups attached to an aromatic ring is 1. The first-order chi connectivity index (χ1) is 15.8. The summed E-state index contributed by atoms with van der Waals surface area (Å²) in [5.41, 5.74) is 6.70. The highest BCUT2D eigenvalue weighted by Gasteiger charge is 2.62. The van der Waals surface area contributed by atoms with Gasteiger partial charge in [0, 0.05) is 23.0 Å². The highest BCUT2D eigenvalue weighted by molar-refractivity contribution is 9.10. The zero-order valence-corrected chi connectivity index (χ0v) is 19.3. The number of aryl methyl sites for hydroxylation is 1. The van der Waals surface area contributed by atoms with Crippen molar-refractivity contribution < 1.29 is 19.7 Å². The van der Waals surface area contributed by atoms with Crippen LogP contribution in [0.2, 0.25) is 0 Å². The number of pyridine rings is 1. The maximum Gasteiger partial charge on any atom is 0.164 e. The first-order valence-electron chi connectivity index (χ1n) is 10.7. The number of ether oxygens (including phenoxy) is 2. The average molecular weight is 512 g/mol. The fourth-order valence-corrected chi connectivity index (χ4v) is 5.34. The van der Waals surface area contributed by atoms with Crippen LogP contribution < -0.4 is 10.5 Å². The first-order valence-corrected chi connectivity index (χ1v) is 11.5. The third-order valence-corrected chi connectivity index (χ3v) is 7.40. The molecule has 5 atom stereocenters. The van der Waals surface area contributed by atoms with E-state index in [0.717, 1.165) is 20.9 Å². The number of aromatic nitrogens is 4. The number of rotatable bonds is 3. The van der Waals surface area contributed by atoms with Crippen molar-refractivity contribution in [3.63, 3.8) is 0 Å².